The lowest BCUT2D eigenvalue weighted by atomic mass is 10.1. The molecule has 0 aliphatic carbocycles. The van der Waals surface area contributed by atoms with Gasteiger partial charge in [-0.15, -0.1) is 13.2 Å². The van der Waals surface area contributed by atoms with E-state index in [1.165, 1.54) is 24.3 Å². The zero-order valence-electron chi connectivity index (χ0n) is 18.3. The van der Waals surface area contributed by atoms with Crippen LogP contribution in [0.4, 0.5) is 19.0 Å². The van der Waals surface area contributed by atoms with Crippen molar-refractivity contribution in [2.75, 3.05) is 25.5 Å². The fourth-order valence-electron chi connectivity index (χ4n) is 3.96. The lowest BCUT2D eigenvalue weighted by molar-refractivity contribution is -0.274. The first-order chi connectivity index (χ1) is 15.7. The number of ether oxygens (including phenoxy) is 2. The Morgan fingerprint density at radius 2 is 1.94 bits per heavy atom. The van der Waals surface area contributed by atoms with Crippen LogP contribution in [0.2, 0.25) is 0 Å². The van der Waals surface area contributed by atoms with Gasteiger partial charge < -0.3 is 19.7 Å². The molecule has 1 unspecified atom stereocenters. The second-order valence-corrected chi connectivity index (χ2v) is 8.07. The number of pyridine rings is 1. The first-order valence-corrected chi connectivity index (χ1v) is 10.5. The number of carbonyl (C=O) groups excluding carboxylic acids is 1. The highest BCUT2D eigenvalue weighted by atomic mass is 19.4. The molecule has 1 aliphatic rings. The lowest BCUT2D eigenvalue weighted by Crippen LogP contribution is -2.32. The van der Waals surface area contributed by atoms with Gasteiger partial charge in [0.2, 0.25) is 5.91 Å². The first kappa shape index (κ1) is 22.7. The van der Waals surface area contributed by atoms with Crippen molar-refractivity contribution in [3.63, 3.8) is 0 Å². The molecule has 1 amide bonds. The Hall–Kier alpha value is -3.49. The summed E-state index contributed by atoms with van der Waals surface area (Å²) < 4.78 is 46.2. The Kier molecular flexibility index (Phi) is 6.31. The number of rotatable bonds is 6. The van der Waals surface area contributed by atoms with Crippen LogP contribution in [-0.2, 0) is 11.2 Å². The average Bonchev–Trinajstić information content (AvgIpc) is 3.22. The summed E-state index contributed by atoms with van der Waals surface area (Å²) in [5.74, 6) is 1.03. The number of methoxy groups -OCH3 is 1. The van der Waals surface area contributed by atoms with Crippen LogP contribution in [0.25, 0.3) is 10.9 Å². The number of alkyl halides is 3. The van der Waals surface area contributed by atoms with Gasteiger partial charge in [0.25, 0.3) is 0 Å². The van der Waals surface area contributed by atoms with Gasteiger partial charge in [-0.1, -0.05) is 23.8 Å². The maximum Gasteiger partial charge on any atom is 0.573 e. The molecule has 1 aromatic heterocycles. The van der Waals surface area contributed by atoms with Crippen LogP contribution >= 0.6 is 0 Å². The Morgan fingerprint density at radius 1 is 1.18 bits per heavy atom. The smallest absolute Gasteiger partial charge is 0.496 e. The van der Waals surface area contributed by atoms with Gasteiger partial charge in [0, 0.05) is 30.6 Å². The molecule has 6 nitrogen and oxygen atoms in total. The van der Waals surface area contributed by atoms with Crippen molar-refractivity contribution >= 4 is 22.6 Å². The second kappa shape index (κ2) is 9.17. The van der Waals surface area contributed by atoms with E-state index in [-0.39, 0.29) is 24.1 Å². The molecule has 0 saturated carbocycles. The van der Waals surface area contributed by atoms with E-state index in [2.05, 4.69) is 15.0 Å². The quantitative estimate of drug-likeness (QED) is 0.579. The topological polar surface area (TPSA) is 63.7 Å². The van der Waals surface area contributed by atoms with Crippen molar-refractivity contribution in [3.8, 4) is 11.5 Å². The number of halogens is 3. The SMILES string of the molecule is COc1cc(NC2CCN(C(=O)Cc3ccc(OC(F)(F)F)cc3)C2)nc2ccc(C)cc12. The average molecular weight is 459 g/mol. The molecule has 9 heteroatoms. The molecule has 4 rings (SSSR count). The molecule has 2 heterocycles. The summed E-state index contributed by atoms with van der Waals surface area (Å²) in [6, 6.07) is 13.2. The van der Waals surface area contributed by atoms with Gasteiger partial charge in [-0.2, -0.15) is 0 Å². The van der Waals surface area contributed by atoms with E-state index in [0.29, 0.717) is 24.5 Å². The van der Waals surface area contributed by atoms with E-state index in [1.807, 2.05) is 31.2 Å². The van der Waals surface area contributed by atoms with Crippen molar-refractivity contribution in [2.45, 2.75) is 32.2 Å². The number of benzene rings is 2. The fourth-order valence-corrected chi connectivity index (χ4v) is 3.96. The van der Waals surface area contributed by atoms with E-state index in [4.69, 9.17) is 4.74 Å². The summed E-state index contributed by atoms with van der Waals surface area (Å²) in [7, 11) is 1.62. The standard InChI is InChI=1S/C24H24F3N3O3/c1-15-3-8-20-19(11-15)21(32-2)13-22(29-20)28-17-9-10-30(14-17)23(31)12-16-4-6-18(7-5-16)33-24(25,26)27/h3-8,11,13,17H,9-10,12,14H2,1-2H3,(H,28,29). The van der Waals surface area contributed by atoms with Crippen LogP contribution in [0.3, 0.4) is 0 Å². The molecular formula is C24H24F3N3O3. The largest absolute Gasteiger partial charge is 0.573 e. The summed E-state index contributed by atoms with van der Waals surface area (Å²) in [5.41, 5.74) is 2.57. The molecule has 1 atom stereocenters. The molecule has 3 aromatic rings. The normalized spacial score (nSPS) is 16.2. The highest BCUT2D eigenvalue weighted by Crippen LogP contribution is 2.29. The number of anilines is 1. The number of aryl methyl sites for hydroxylation is 1. The maximum absolute atomic E-state index is 12.7. The number of aromatic nitrogens is 1. The van der Waals surface area contributed by atoms with Gasteiger partial charge in [-0.3, -0.25) is 4.79 Å². The molecule has 2 aromatic carbocycles. The molecule has 1 fully saturated rings. The Morgan fingerprint density at radius 3 is 2.64 bits per heavy atom. The van der Waals surface area contributed by atoms with E-state index in [1.54, 1.807) is 12.0 Å². The van der Waals surface area contributed by atoms with Crippen LogP contribution in [-0.4, -0.2) is 48.4 Å². The predicted molar refractivity (Wildman–Crippen MR) is 118 cm³/mol. The summed E-state index contributed by atoms with van der Waals surface area (Å²) in [6.07, 6.45) is -3.86. The minimum Gasteiger partial charge on any atom is -0.496 e. The number of hydrogen-bond acceptors (Lipinski definition) is 5. The molecule has 1 aliphatic heterocycles. The summed E-state index contributed by atoms with van der Waals surface area (Å²) in [6.45, 7) is 3.12. The number of carbonyl (C=O) groups is 1. The molecule has 0 radical (unpaired) electrons. The Balaban J connectivity index is 1.36. The number of nitrogens with zero attached hydrogens (tertiary/aromatic N) is 2. The minimum atomic E-state index is -4.74. The van der Waals surface area contributed by atoms with Crippen LogP contribution in [0.15, 0.2) is 48.5 Å². The summed E-state index contributed by atoms with van der Waals surface area (Å²) in [5, 5.41) is 4.33. The van der Waals surface area contributed by atoms with Crippen LogP contribution in [0, 0.1) is 6.92 Å². The van der Waals surface area contributed by atoms with Crippen molar-refractivity contribution < 1.29 is 27.4 Å². The zero-order chi connectivity index (χ0) is 23.6. The van der Waals surface area contributed by atoms with Crippen molar-refractivity contribution in [1.82, 2.24) is 9.88 Å². The van der Waals surface area contributed by atoms with Gasteiger partial charge in [0.15, 0.2) is 0 Å². The van der Waals surface area contributed by atoms with Crippen molar-refractivity contribution in [2.24, 2.45) is 0 Å². The molecule has 33 heavy (non-hydrogen) atoms. The van der Waals surface area contributed by atoms with E-state index < -0.39 is 6.36 Å². The van der Waals surface area contributed by atoms with Crippen molar-refractivity contribution in [1.29, 1.82) is 0 Å². The first-order valence-electron chi connectivity index (χ1n) is 10.5. The van der Waals surface area contributed by atoms with Crippen LogP contribution < -0.4 is 14.8 Å². The maximum atomic E-state index is 12.7. The third-order valence-corrected chi connectivity index (χ3v) is 5.55. The monoisotopic (exact) mass is 459 g/mol. The number of likely N-dealkylation sites (tertiary alicyclic amines) is 1. The number of amides is 1. The number of nitrogens with one attached hydrogen (secondary N) is 1. The van der Waals surface area contributed by atoms with Gasteiger partial charge >= 0.3 is 6.36 Å². The Bertz CT molecular complexity index is 1150. The van der Waals surface area contributed by atoms with Crippen LogP contribution in [0.5, 0.6) is 11.5 Å². The molecule has 1 N–H and O–H groups in total. The van der Waals surface area contributed by atoms with E-state index in [9.17, 15) is 18.0 Å². The second-order valence-electron chi connectivity index (χ2n) is 8.07. The van der Waals surface area contributed by atoms with Gasteiger partial charge in [0.1, 0.15) is 17.3 Å². The van der Waals surface area contributed by atoms with E-state index >= 15 is 0 Å². The number of hydrogen-bond donors (Lipinski definition) is 1. The zero-order valence-corrected chi connectivity index (χ0v) is 18.3. The van der Waals surface area contributed by atoms with E-state index in [0.717, 1.165) is 28.6 Å². The minimum absolute atomic E-state index is 0.0385. The summed E-state index contributed by atoms with van der Waals surface area (Å²) in [4.78, 5) is 19.1. The lowest BCUT2D eigenvalue weighted by Gasteiger charge is -2.18. The molecule has 0 bridgehead atoms. The molecule has 0 spiro atoms. The highest BCUT2D eigenvalue weighted by molar-refractivity contribution is 5.87. The predicted octanol–water partition coefficient (Wildman–Crippen LogP) is 4.71. The van der Waals surface area contributed by atoms with Crippen molar-refractivity contribution in [3.05, 3.63) is 59.7 Å². The third-order valence-electron chi connectivity index (χ3n) is 5.55. The summed E-state index contributed by atoms with van der Waals surface area (Å²) >= 11 is 0. The highest BCUT2D eigenvalue weighted by Gasteiger charge is 2.31. The van der Waals surface area contributed by atoms with Gasteiger partial charge in [-0.25, -0.2) is 4.98 Å². The molecule has 1 saturated heterocycles. The van der Waals surface area contributed by atoms with Crippen LogP contribution in [0.1, 0.15) is 17.5 Å². The third kappa shape index (κ3) is 5.66. The fraction of sp³-hybridized carbons (Fsp3) is 0.333. The number of fused-ring (bicyclic) bond motifs is 1. The Labute approximate surface area is 189 Å². The molecular weight excluding hydrogens is 435 g/mol. The molecule has 174 valence electrons. The van der Waals surface area contributed by atoms with Gasteiger partial charge in [0.05, 0.1) is 19.0 Å². The van der Waals surface area contributed by atoms with Gasteiger partial charge in [-0.05, 0) is 43.2 Å².